The van der Waals surface area contributed by atoms with Crippen LogP contribution < -0.4 is 11.2 Å². The molecule has 1 aromatic heterocycles. The van der Waals surface area contributed by atoms with E-state index < -0.39 is 29.5 Å². The minimum Gasteiger partial charge on any atom is -0.478 e. The molecule has 33 heavy (non-hydrogen) atoms. The topological polar surface area (TPSA) is 129 Å². The number of ketones is 1. The van der Waals surface area contributed by atoms with Gasteiger partial charge in [-0.05, 0) is 55.2 Å². The van der Waals surface area contributed by atoms with Crippen LogP contribution in [0.3, 0.4) is 0 Å². The van der Waals surface area contributed by atoms with Gasteiger partial charge in [0.1, 0.15) is 6.04 Å². The summed E-state index contributed by atoms with van der Waals surface area (Å²) in [5.41, 5.74) is 11.3. The lowest BCUT2D eigenvalue weighted by Crippen LogP contribution is -2.58. The molecule has 172 valence electrons. The summed E-state index contributed by atoms with van der Waals surface area (Å²) in [5, 5.41) is 12.2. The van der Waals surface area contributed by atoms with Gasteiger partial charge in [-0.1, -0.05) is 31.2 Å². The predicted molar refractivity (Wildman–Crippen MR) is 124 cm³/mol. The van der Waals surface area contributed by atoms with Gasteiger partial charge in [-0.25, -0.2) is 4.79 Å². The highest BCUT2D eigenvalue weighted by molar-refractivity contribution is 5.91. The molecule has 0 bridgehead atoms. The number of hydrazine groups is 1. The van der Waals surface area contributed by atoms with E-state index in [1.807, 2.05) is 30.5 Å². The lowest BCUT2D eigenvalue weighted by Gasteiger charge is -2.43. The molecular weight excluding hydrogens is 420 g/mol. The van der Waals surface area contributed by atoms with E-state index in [0.29, 0.717) is 12.0 Å². The number of nitrogens with two attached hydrogens (primary N) is 1. The second kappa shape index (κ2) is 8.46. The molecule has 0 fully saturated rings. The van der Waals surface area contributed by atoms with Gasteiger partial charge in [0.15, 0.2) is 5.78 Å². The normalized spacial score (nSPS) is 18.7. The number of aromatic nitrogens is 1. The minimum atomic E-state index is -1.15. The maximum atomic E-state index is 13.2. The van der Waals surface area contributed by atoms with Crippen molar-refractivity contribution in [3.63, 3.8) is 0 Å². The number of Topliss-reactive ketones (excluding diaryl/α,β-unsaturated/α-hetero) is 1. The molecule has 2 atom stereocenters. The van der Waals surface area contributed by atoms with Crippen LogP contribution in [-0.4, -0.2) is 38.3 Å². The number of carbonyl (C=O) groups excluding carboxylic acids is 2. The molecule has 5 N–H and O–H groups in total. The Labute approximate surface area is 191 Å². The highest BCUT2D eigenvalue weighted by atomic mass is 16.4. The maximum Gasteiger partial charge on any atom is 0.335 e. The first-order valence-corrected chi connectivity index (χ1v) is 10.9. The highest BCUT2D eigenvalue weighted by Gasteiger charge is 2.41. The number of aromatic carboxylic acids is 1. The van der Waals surface area contributed by atoms with Gasteiger partial charge in [-0.2, -0.15) is 5.01 Å². The smallest absolute Gasteiger partial charge is 0.335 e. The number of aromatic amines is 1. The van der Waals surface area contributed by atoms with Crippen LogP contribution in [0.15, 0.2) is 48.7 Å². The molecule has 8 heteroatoms. The van der Waals surface area contributed by atoms with Crippen LogP contribution in [0.1, 0.15) is 66.3 Å². The standard InChI is InChI=1S/C25H28N4O4/c1-4-21(30)22-16-10-9-14(23(31)32)11-15(16)12-20(29(22)28-24(33)25(2,3)26)18-13-27-19-8-6-5-7-17(18)19/h5-11,13,20,22,27H,4,12,26H2,1-3H3,(H,28,33)(H,31,32). The van der Waals surface area contributed by atoms with Gasteiger partial charge in [0.25, 0.3) is 5.91 Å². The number of hydrogen-bond acceptors (Lipinski definition) is 5. The maximum absolute atomic E-state index is 13.2. The second-order valence-electron chi connectivity index (χ2n) is 9.02. The van der Waals surface area contributed by atoms with Gasteiger partial charge in [-0.3, -0.25) is 15.0 Å². The molecule has 2 heterocycles. The van der Waals surface area contributed by atoms with Crippen LogP contribution in [0.25, 0.3) is 10.9 Å². The number of rotatable bonds is 6. The SMILES string of the molecule is CCC(=O)C1c2ccc(C(=O)O)cc2CC(c2c[nH]c3ccccc23)N1NC(=O)C(C)(C)N. The molecule has 0 saturated carbocycles. The summed E-state index contributed by atoms with van der Waals surface area (Å²) in [6.07, 6.45) is 2.54. The van der Waals surface area contributed by atoms with E-state index in [-0.39, 0.29) is 17.8 Å². The highest BCUT2D eigenvalue weighted by Crippen LogP contribution is 2.42. The van der Waals surface area contributed by atoms with Gasteiger partial charge in [-0.15, -0.1) is 0 Å². The fourth-order valence-corrected chi connectivity index (χ4v) is 4.37. The van der Waals surface area contributed by atoms with Crippen LogP contribution in [0.2, 0.25) is 0 Å². The first kappa shape index (κ1) is 22.7. The van der Waals surface area contributed by atoms with E-state index in [1.54, 1.807) is 37.9 Å². The number of carbonyl (C=O) groups is 3. The van der Waals surface area contributed by atoms with Crippen molar-refractivity contribution >= 4 is 28.6 Å². The van der Waals surface area contributed by atoms with Crippen LogP contribution in [0.4, 0.5) is 0 Å². The van der Waals surface area contributed by atoms with E-state index in [9.17, 15) is 19.5 Å². The van der Waals surface area contributed by atoms with E-state index in [2.05, 4.69) is 10.4 Å². The molecule has 1 aliphatic heterocycles. The van der Waals surface area contributed by atoms with E-state index in [4.69, 9.17) is 5.73 Å². The fourth-order valence-electron chi connectivity index (χ4n) is 4.37. The van der Waals surface area contributed by atoms with Crippen molar-refractivity contribution in [1.29, 1.82) is 0 Å². The molecule has 1 aliphatic rings. The van der Waals surface area contributed by atoms with Crippen molar-refractivity contribution in [2.75, 3.05) is 0 Å². The molecule has 8 nitrogen and oxygen atoms in total. The van der Waals surface area contributed by atoms with Crippen LogP contribution >= 0.6 is 0 Å². The van der Waals surface area contributed by atoms with Crippen molar-refractivity contribution in [3.05, 3.63) is 70.9 Å². The monoisotopic (exact) mass is 448 g/mol. The number of amides is 1. The number of H-pyrrole nitrogens is 1. The number of carboxylic acids is 1. The molecule has 0 saturated heterocycles. The summed E-state index contributed by atoms with van der Waals surface area (Å²) in [5.74, 6) is -1.52. The Morgan fingerprint density at radius 2 is 1.91 bits per heavy atom. The number of carboxylic acid groups (broad SMARTS) is 1. The molecule has 2 unspecified atom stereocenters. The first-order valence-electron chi connectivity index (χ1n) is 10.9. The van der Waals surface area contributed by atoms with Gasteiger partial charge >= 0.3 is 5.97 Å². The minimum absolute atomic E-state index is 0.0843. The van der Waals surface area contributed by atoms with Crippen molar-refractivity contribution in [2.45, 2.75) is 51.2 Å². The molecule has 0 radical (unpaired) electrons. The first-order chi connectivity index (χ1) is 15.6. The van der Waals surface area contributed by atoms with Crippen LogP contribution in [-0.2, 0) is 16.0 Å². The Balaban J connectivity index is 1.91. The Bertz CT molecular complexity index is 1240. The third kappa shape index (κ3) is 4.15. The lowest BCUT2D eigenvalue weighted by molar-refractivity contribution is -0.138. The van der Waals surface area contributed by atoms with Crippen LogP contribution in [0.5, 0.6) is 0 Å². The number of para-hydroxylation sites is 1. The third-order valence-corrected chi connectivity index (χ3v) is 6.16. The summed E-state index contributed by atoms with van der Waals surface area (Å²) in [4.78, 5) is 41.0. The van der Waals surface area contributed by atoms with Crippen molar-refractivity contribution in [3.8, 4) is 0 Å². The number of hydrogen-bond donors (Lipinski definition) is 4. The number of nitrogens with one attached hydrogen (secondary N) is 2. The Morgan fingerprint density at radius 3 is 2.58 bits per heavy atom. The van der Waals surface area contributed by atoms with Gasteiger partial charge in [0, 0.05) is 23.5 Å². The second-order valence-corrected chi connectivity index (χ2v) is 9.02. The van der Waals surface area contributed by atoms with Crippen molar-refractivity contribution in [1.82, 2.24) is 15.4 Å². The summed E-state index contributed by atoms with van der Waals surface area (Å²) in [7, 11) is 0. The van der Waals surface area contributed by atoms with Crippen LogP contribution in [0, 0.1) is 0 Å². The molecule has 0 aliphatic carbocycles. The zero-order valence-electron chi connectivity index (χ0n) is 18.9. The average molecular weight is 449 g/mol. The summed E-state index contributed by atoms with van der Waals surface area (Å²) >= 11 is 0. The summed E-state index contributed by atoms with van der Waals surface area (Å²) in [6.45, 7) is 4.99. The van der Waals surface area contributed by atoms with Crippen molar-refractivity contribution in [2.24, 2.45) is 5.73 Å². The van der Waals surface area contributed by atoms with Crippen molar-refractivity contribution < 1.29 is 19.5 Å². The summed E-state index contributed by atoms with van der Waals surface area (Å²) in [6, 6.07) is 11.4. The van der Waals surface area contributed by atoms with Gasteiger partial charge in [0.05, 0.1) is 17.1 Å². The summed E-state index contributed by atoms with van der Waals surface area (Å²) < 4.78 is 0. The third-order valence-electron chi connectivity index (χ3n) is 6.16. The zero-order valence-corrected chi connectivity index (χ0v) is 18.9. The molecular formula is C25H28N4O4. The molecule has 3 aromatic rings. The van der Waals surface area contributed by atoms with Gasteiger partial charge in [0.2, 0.25) is 0 Å². The molecule has 4 rings (SSSR count). The Hall–Kier alpha value is -3.49. The van der Waals surface area contributed by atoms with E-state index in [1.165, 1.54) is 6.07 Å². The average Bonchev–Trinajstić information content (AvgIpc) is 3.21. The lowest BCUT2D eigenvalue weighted by atomic mass is 9.83. The van der Waals surface area contributed by atoms with Gasteiger partial charge < -0.3 is 15.8 Å². The predicted octanol–water partition coefficient (Wildman–Crippen LogP) is 3.25. The number of benzene rings is 2. The molecule has 1 amide bonds. The molecule has 0 spiro atoms. The Morgan fingerprint density at radius 1 is 1.18 bits per heavy atom. The Kier molecular flexibility index (Phi) is 5.82. The number of nitrogens with zero attached hydrogens (tertiary/aromatic N) is 1. The quantitative estimate of drug-likeness (QED) is 0.458. The van der Waals surface area contributed by atoms with E-state index in [0.717, 1.165) is 22.0 Å². The fraction of sp³-hybridized carbons (Fsp3) is 0.320. The number of fused-ring (bicyclic) bond motifs is 2. The van der Waals surface area contributed by atoms with E-state index >= 15 is 0 Å². The largest absolute Gasteiger partial charge is 0.478 e. The zero-order chi connectivity index (χ0) is 23.9. The molecule has 2 aromatic carbocycles.